The van der Waals surface area contributed by atoms with Crippen LogP contribution in [0.25, 0.3) is 11.3 Å². The SMILES string of the molecule is COc1cc(F)c(-c2cc(N)n[nH]2)cc1C. The molecular weight excluding hydrogens is 209 g/mol. The molecule has 0 saturated heterocycles. The van der Waals surface area contributed by atoms with Gasteiger partial charge in [0, 0.05) is 17.7 Å². The van der Waals surface area contributed by atoms with Crippen LogP contribution in [0.15, 0.2) is 18.2 Å². The first-order chi connectivity index (χ1) is 7.61. The van der Waals surface area contributed by atoms with Crippen LogP contribution in [0.4, 0.5) is 10.2 Å². The highest BCUT2D eigenvalue weighted by Gasteiger charge is 2.11. The lowest BCUT2D eigenvalue weighted by atomic mass is 10.1. The normalized spacial score (nSPS) is 10.4. The van der Waals surface area contributed by atoms with Crippen molar-refractivity contribution in [3.63, 3.8) is 0 Å². The molecule has 0 aliphatic carbocycles. The van der Waals surface area contributed by atoms with E-state index in [2.05, 4.69) is 10.2 Å². The fourth-order valence-corrected chi connectivity index (χ4v) is 1.56. The van der Waals surface area contributed by atoms with Crippen LogP contribution in [-0.4, -0.2) is 17.3 Å². The van der Waals surface area contributed by atoms with Crippen molar-refractivity contribution in [2.45, 2.75) is 6.92 Å². The Hall–Kier alpha value is -2.04. The quantitative estimate of drug-likeness (QED) is 0.816. The lowest BCUT2D eigenvalue weighted by Gasteiger charge is -2.07. The smallest absolute Gasteiger partial charge is 0.145 e. The molecule has 0 aliphatic heterocycles. The number of anilines is 1. The number of benzene rings is 1. The van der Waals surface area contributed by atoms with Crippen LogP contribution in [0.2, 0.25) is 0 Å². The molecule has 0 aliphatic rings. The highest BCUT2D eigenvalue weighted by atomic mass is 19.1. The van der Waals surface area contributed by atoms with Crippen LogP contribution in [-0.2, 0) is 0 Å². The van der Waals surface area contributed by atoms with E-state index in [9.17, 15) is 4.39 Å². The first-order valence-corrected chi connectivity index (χ1v) is 4.77. The Kier molecular flexibility index (Phi) is 2.52. The summed E-state index contributed by atoms with van der Waals surface area (Å²) in [4.78, 5) is 0. The summed E-state index contributed by atoms with van der Waals surface area (Å²) in [6.45, 7) is 1.85. The van der Waals surface area contributed by atoms with Gasteiger partial charge in [0.15, 0.2) is 0 Å². The summed E-state index contributed by atoms with van der Waals surface area (Å²) < 4.78 is 18.8. The van der Waals surface area contributed by atoms with Crippen molar-refractivity contribution in [2.24, 2.45) is 0 Å². The predicted molar refractivity (Wildman–Crippen MR) is 59.7 cm³/mol. The molecule has 0 bridgehead atoms. The molecule has 1 heterocycles. The number of nitrogens with two attached hydrogens (primary N) is 1. The molecule has 0 spiro atoms. The standard InChI is InChI=1S/C11H12FN3O/c1-6-3-7(8(12)4-10(6)16-2)9-5-11(13)15-14-9/h3-5H,1-2H3,(H3,13,14,15). The molecule has 1 aromatic carbocycles. The number of rotatable bonds is 2. The van der Waals surface area contributed by atoms with Gasteiger partial charge < -0.3 is 10.5 Å². The maximum Gasteiger partial charge on any atom is 0.145 e. The van der Waals surface area contributed by atoms with Gasteiger partial charge in [0.1, 0.15) is 17.4 Å². The van der Waals surface area contributed by atoms with Crippen molar-refractivity contribution >= 4 is 5.82 Å². The zero-order chi connectivity index (χ0) is 11.7. The lowest BCUT2D eigenvalue weighted by molar-refractivity contribution is 0.408. The Morgan fingerprint density at radius 2 is 2.12 bits per heavy atom. The maximum atomic E-state index is 13.7. The number of hydrogen-bond acceptors (Lipinski definition) is 3. The van der Waals surface area contributed by atoms with E-state index in [1.54, 1.807) is 12.1 Å². The third-order valence-corrected chi connectivity index (χ3v) is 2.37. The molecule has 0 unspecified atom stereocenters. The summed E-state index contributed by atoms with van der Waals surface area (Å²) in [6.07, 6.45) is 0. The minimum atomic E-state index is -0.369. The van der Waals surface area contributed by atoms with Gasteiger partial charge in [-0.25, -0.2) is 4.39 Å². The van der Waals surface area contributed by atoms with Crippen molar-refractivity contribution in [1.82, 2.24) is 10.2 Å². The van der Waals surface area contributed by atoms with Crippen molar-refractivity contribution in [1.29, 1.82) is 0 Å². The second-order valence-electron chi connectivity index (χ2n) is 3.51. The summed E-state index contributed by atoms with van der Waals surface area (Å²) in [5.74, 6) is 0.489. The summed E-state index contributed by atoms with van der Waals surface area (Å²) >= 11 is 0. The number of nitrogen functional groups attached to an aromatic ring is 1. The number of nitrogens with zero attached hydrogens (tertiary/aromatic N) is 1. The Bertz CT molecular complexity index is 522. The molecule has 0 amide bonds. The number of aryl methyl sites for hydroxylation is 1. The summed E-state index contributed by atoms with van der Waals surface area (Å²) in [7, 11) is 1.51. The van der Waals surface area contributed by atoms with Crippen molar-refractivity contribution in [3.05, 3.63) is 29.6 Å². The van der Waals surface area contributed by atoms with Crippen LogP contribution >= 0.6 is 0 Å². The van der Waals surface area contributed by atoms with Crippen molar-refractivity contribution < 1.29 is 9.13 Å². The predicted octanol–water partition coefficient (Wildman–Crippen LogP) is 2.12. The van der Waals surface area contributed by atoms with E-state index < -0.39 is 0 Å². The summed E-state index contributed by atoms with van der Waals surface area (Å²) in [6, 6.07) is 4.63. The lowest BCUT2D eigenvalue weighted by Crippen LogP contribution is -1.92. The third-order valence-electron chi connectivity index (χ3n) is 2.37. The minimum absolute atomic E-state index is 0.336. The number of hydrogen-bond donors (Lipinski definition) is 2. The molecule has 0 fully saturated rings. The highest BCUT2D eigenvalue weighted by Crippen LogP contribution is 2.28. The van der Waals surface area contributed by atoms with Gasteiger partial charge in [-0.15, -0.1) is 0 Å². The van der Waals surface area contributed by atoms with Gasteiger partial charge in [-0.05, 0) is 18.6 Å². The molecule has 0 radical (unpaired) electrons. The first kappa shape index (κ1) is 10.5. The number of methoxy groups -OCH3 is 1. The minimum Gasteiger partial charge on any atom is -0.496 e. The number of aromatic nitrogens is 2. The van der Waals surface area contributed by atoms with Crippen molar-refractivity contribution in [3.8, 4) is 17.0 Å². The fraction of sp³-hybridized carbons (Fsp3) is 0.182. The second kappa shape index (κ2) is 3.84. The Morgan fingerprint density at radius 1 is 1.38 bits per heavy atom. The molecule has 2 aromatic rings. The average Bonchev–Trinajstić information content (AvgIpc) is 2.67. The van der Waals surface area contributed by atoms with Crippen molar-refractivity contribution in [2.75, 3.05) is 12.8 Å². The monoisotopic (exact) mass is 221 g/mol. The maximum absolute atomic E-state index is 13.7. The number of H-pyrrole nitrogens is 1. The van der Waals surface area contributed by atoms with Crippen LogP contribution in [0.5, 0.6) is 5.75 Å². The van der Waals surface area contributed by atoms with E-state index >= 15 is 0 Å². The van der Waals surface area contributed by atoms with Gasteiger partial charge in [-0.2, -0.15) is 5.10 Å². The van der Waals surface area contributed by atoms with E-state index in [0.29, 0.717) is 22.8 Å². The molecule has 4 nitrogen and oxygen atoms in total. The van der Waals surface area contributed by atoms with Crippen LogP contribution in [0.1, 0.15) is 5.56 Å². The Balaban J connectivity index is 2.54. The van der Waals surface area contributed by atoms with Gasteiger partial charge in [0.05, 0.1) is 12.8 Å². The highest BCUT2D eigenvalue weighted by molar-refractivity contribution is 5.65. The van der Waals surface area contributed by atoms with Gasteiger partial charge in [-0.1, -0.05) is 0 Å². The number of ether oxygens (including phenoxy) is 1. The molecule has 0 saturated carbocycles. The second-order valence-corrected chi connectivity index (χ2v) is 3.51. The van der Waals surface area contributed by atoms with Gasteiger partial charge in [0.2, 0.25) is 0 Å². The van der Waals surface area contributed by atoms with E-state index in [1.165, 1.54) is 13.2 Å². The fourth-order valence-electron chi connectivity index (χ4n) is 1.56. The van der Waals surface area contributed by atoms with E-state index in [1.807, 2.05) is 6.92 Å². The van der Waals surface area contributed by atoms with Crippen LogP contribution in [0, 0.1) is 12.7 Å². The first-order valence-electron chi connectivity index (χ1n) is 4.77. The van der Waals surface area contributed by atoms with Gasteiger partial charge >= 0.3 is 0 Å². The zero-order valence-corrected chi connectivity index (χ0v) is 9.04. The third kappa shape index (κ3) is 1.71. The van der Waals surface area contributed by atoms with Crippen LogP contribution in [0.3, 0.4) is 0 Å². The summed E-state index contributed by atoms with van der Waals surface area (Å²) in [5, 5.41) is 6.43. The molecule has 16 heavy (non-hydrogen) atoms. The van der Waals surface area contributed by atoms with E-state index in [-0.39, 0.29) is 5.82 Å². The Labute approximate surface area is 92.2 Å². The average molecular weight is 221 g/mol. The zero-order valence-electron chi connectivity index (χ0n) is 9.04. The molecule has 0 atom stereocenters. The molecule has 84 valence electrons. The number of aromatic amines is 1. The molecular formula is C11H12FN3O. The number of nitrogens with one attached hydrogen (secondary N) is 1. The van der Waals surface area contributed by atoms with Gasteiger partial charge in [-0.3, -0.25) is 5.10 Å². The molecule has 5 heteroatoms. The number of halogens is 1. The molecule has 3 N–H and O–H groups in total. The largest absolute Gasteiger partial charge is 0.496 e. The molecule has 2 rings (SSSR count). The topological polar surface area (TPSA) is 63.9 Å². The van der Waals surface area contributed by atoms with Gasteiger partial charge in [0.25, 0.3) is 0 Å². The van der Waals surface area contributed by atoms with E-state index in [4.69, 9.17) is 10.5 Å². The summed E-state index contributed by atoms with van der Waals surface area (Å²) in [5.41, 5.74) is 7.31. The van der Waals surface area contributed by atoms with Crippen LogP contribution < -0.4 is 10.5 Å². The van der Waals surface area contributed by atoms with E-state index in [0.717, 1.165) is 5.56 Å². The Morgan fingerprint density at radius 3 is 2.69 bits per heavy atom. The molecule has 1 aromatic heterocycles.